The number of para-hydroxylation sites is 1. The van der Waals surface area contributed by atoms with Gasteiger partial charge in [0, 0.05) is 11.6 Å². The number of hydrogen-bond donors (Lipinski definition) is 2. The maximum Gasteiger partial charge on any atom is 0.124 e. The molecule has 0 aromatic heterocycles. The first-order valence-electron chi connectivity index (χ1n) is 6.84. The number of ether oxygens (including phenoxy) is 1. The minimum Gasteiger partial charge on any atom is -0.490 e. The van der Waals surface area contributed by atoms with Crippen LogP contribution in [0.4, 0.5) is 0 Å². The maximum absolute atomic E-state index is 10.3. The van der Waals surface area contributed by atoms with E-state index in [-0.39, 0.29) is 6.04 Å². The molecule has 3 nitrogen and oxygen atoms in total. The summed E-state index contributed by atoms with van der Waals surface area (Å²) in [5, 5.41) is 10.3. The van der Waals surface area contributed by atoms with E-state index in [0.717, 1.165) is 43.4 Å². The van der Waals surface area contributed by atoms with Crippen LogP contribution >= 0.6 is 0 Å². The van der Waals surface area contributed by atoms with Crippen molar-refractivity contribution in [3.63, 3.8) is 0 Å². The predicted octanol–water partition coefficient (Wildman–Crippen LogP) is 2.78. The second-order valence-electron chi connectivity index (χ2n) is 5.27. The first kappa shape index (κ1) is 13.4. The van der Waals surface area contributed by atoms with Gasteiger partial charge in [-0.3, -0.25) is 0 Å². The van der Waals surface area contributed by atoms with Crippen molar-refractivity contribution in [3.8, 4) is 5.75 Å². The van der Waals surface area contributed by atoms with Crippen LogP contribution in [0.25, 0.3) is 0 Å². The molecule has 1 fully saturated rings. The van der Waals surface area contributed by atoms with Crippen LogP contribution in [-0.4, -0.2) is 17.3 Å². The van der Waals surface area contributed by atoms with Gasteiger partial charge in [0.05, 0.1) is 5.60 Å². The van der Waals surface area contributed by atoms with Gasteiger partial charge in [0.2, 0.25) is 0 Å². The summed E-state index contributed by atoms with van der Waals surface area (Å²) in [6, 6.07) is 7.85. The van der Waals surface area contributed by atoms with E-state index in [1.807, 2.05) is 24.3 Å². The second-order valence-corrected chi connectivity index (χ2v) is 5.27. The Balaban J connectivity index is 2.04. The SMILES string of the molecule is CCC(N)c1ccccc1OCC1(O)CCCC1. The van der Waals surface area contributed by atoms with Gasteiger partial charge in [0.25, 0.3) is 0 Å². The van der Waals surface area contributed by atoms with Crippen LogP contribution in [0.15, 0.2) is 24.3 Å². The number of benzene rings is 1. The van der Waals surface area contributed by atoms with E-state index in [1.54, 1.807) is 0 Å². The third-order valence-corrected chi connectivity index (χ3v) is 3.79. The molecule has 0 radical (unpaired) electrons. The molecule has 1 unspecified atom stereocenters. The summed E-state index contributed by atoms with van der Waals surface area (Å²) < 4.78 is 5.82. The molecule has 0 heterocycles. The molecule has 0 aliphatic heterocycles. The van der Waals surface area contributed by atoms with Crippen LogP contribution in [0.3, 0.4) is 0 Å². The van der Waals surface area contributed by atoms with Crippen LogP contribution in [0.1, 0.15) is 50.6 Å². The zero-order chi connectivity index (χ0) is 13.0. The van der Waals surface area contributed by atoms with Gasteiger partial charge >= 0.3 is 0 Å². The fourth-order valence-electron chi connectivity index (χ4n) is 2.53. The summed E-state index contributed by atoms with van der Waals surface area (Å²) in [6.45, 7) is 2.44. The summed E-state index contributed by atoms with van der Waals surface area (Å²) in [5.41, 5.74) is 6.46. The maximum atomic E-state index is 10.3. The van der Waals surface area contributed by atoms with E-state index >= 15 is 0 Å². The Morgan fingerprint density at radius 2 is 2.00 bits per heavy atom. The van der Waals surface area contributed by atoms with Crippen molar-refractivity contribution >= 4 is 0 Å². The van der Waals surface area contributed by atoms with Crippen molar-refractivity contribution < 1.29 is 9.84 Å². The molecular weight excluding hydrogens is 226 g/mol. The minimum absolute atomic E-state index is 0.000536. The molecular formula is C15H23NO2. The standard InChI is InChI=1S/C15H23NO2/c1-2-13(16)12-7-3-4-8-14(12)18-11-15(17)9-5-6-10-15/h3-4,7-8,13,17H,2,5-6,9-11,16H2,1H3. The molecule has 0 spiro atoms. The lowest BCUT2D eigenvalue weighted by Gasteiger charge is -2.24. The predicted molar refractivity (Wildman–Crippen MR) is 72.6 cm³/mol. The van der Waals surface area contributed by atoms with Crippen molar-refractivity contribution in [2.45, 2.75) is 50.7 Å². The summed E-state index contributed by atoms with van der Waals surface area (Å²) in [5.74, 6) is 0.812. The van der Waals surface area contributed by atoms with Crippen LogP contribution in [0.5, 0.6) is 5.75 Å². The molecule has 100 valence electrons. The molecule has 1 aromatic rings. The lowest BCUT2D eigenvalue weighted by Crippen LogP contribution is -2.32. The van der Waals surface area contributed by atoms with E-state index < -0.39 is 5.60 Å². The molecule has 0 bridgehead atoms. The first-order chi connectivity index (χ1) is 8.64. The van der Waals surface area contributed by atoms with Crippen LogP contribution in [0, 0.1) is 0 Å². The molecule has 1 aliphatic rings. The quantitative estimate of drug-likeness (QED) is 0.843. The van der Waals surface area contributed by atoms with Gasteiger partial charge in [0.15, 0.2) is 0 Å². The Morgan fingerprint density at radius 1 is 1.33 bits per heavy atom. The van der Waals surface area contributed by atoms with E-state index in [9.17, 15) is 5.11 Å². The van der Waals surface area contributed by atoms with Crippen molar-refractivity contribution in [1.29, 1.82) is 0 Å². The number of nitrogens with two attached hydrogens (primary N) is 1. The Hall–Kier alpha value is -1.06. The largest absolute Gasteiger partial charge is 0.490 e. The average Bonchev–Trinajstić information content (AvgIpc) is 2.83. The second kappa shape index (κ2) is 5.72. The topological polar surface area (TPSA) is 55.5 Å². The first-order valence-corrected chi connectivity index (χ1v) is 6.84. The normalized spacial score (nSPS) is 19.7. The van der Waals surface area contributed by atoms with Gasteiger partial charge in [0.1, 0.15) is 12.4 Å². The van der Waals surface area contributed by atoms with E-state index in [4.69, 9.17) is 10.5 Å². The molecule has 1 saturated carbocycles. The molecule has 3 N–H and O–H groups in total. The van der Waals surface area contributed by atoms with Crippen LogP contribution < -0.4 is 10.5 Å². The lowest BCUT2D eigenvalue weighted by atomic mass is 10.0. The molecule has 0 amide bonds. The van der Waals surface area contributed by atoms with Gasteiger partial charge < -0.3 is 15.6 Å². The van der Waals surface area contributed by atoms with Gasteiger partial charge in [-0.05, 0) is 25.3 Å². The Kier molecular flexibility index (Phi) is 4.25. The fraction of sp³-hybridized carbons (Fsp3) is 0.600. The molecule has 3 heteroatoms. The van der Waals surface area contributed by atoms with Gasteiger partial charge in [-0.2, -0.15) is 0 Å². The summed E-state index contributed by atoms with van der Waals surface area (Å²) in [6.07, 6.45) is 4.75. The van der Waals surface area contributed by atoms with Crippen molar-refractivity contribution in [1.82, 2.24) is 0 Å². The highest BCUT2D eigenvalue weighted by molar-refractivity contribution is 5.35. The van der Waals surface area contributed by atoms with Gasteiger partial charge in [-0.1, -0.05) is 38.0 Å². The Labute approximate surface area is 109 Å². The minimum atomic E-state index is -0.635. The molecule has 0 saturated heterocycles. The third kappa shape index (κ3) is 3.03. The van der Waals surface area contributed by atoms with E-state index in [0.29, 0.717) is 6.61 Å². The molecule has 1 atom stereocenters. The zero-order valence-corrected chi connectivity index (χ0v) is 11.1. The molecule has 1 aromatic carbocycles. The summed E-state index contributed by atoms with van der Waals surface area (Å²) in [7, 11) is 0. The third-order valence-electron chi connectivity index (χ3n) is 3.79. The summed E-state index contributed by atoms with van der Waals surface area (Å²) in [4.78, 5) is 0. The molecule has 2 rings (SSSR count). The van der Waals surface area contributed by atoms with Gasteiger partial charge in [-0.15, -0.1) is 0 Å². The molecule has 18 heavy (non-hydrogen) atoms. The Bertz CT molecular complexity index is 386. The smallest absolute Gasteiger partial charge is 0.124 e. The van der Waals surface area contributed by atoms with E-state index in [2.05, 4.69) is 6.92 Å². The monoisotopic (exact) mass is 249 g/mol. The van der Waals surface area contributed by atoms with Crippen LogP contribution in [-0.2, 0) is 0 Å². The van der Waals surface area contributed by atoms with Crippen LogP contribution in [0.2, 0.25) is 0 Å². The average molecular weight is 249 g/mol. The highest BCUT2D eigenvalue weighted by atomic mass is 16.5. The van der Waals surface area contributed by atoms with Crippen molar-refractivity contribution in [2.24, 2.45) is 5.73 Å². The lowest BCUT2D eigenvalue weighted by molar-refractivity contribution is 0.00103. The van der Waals surface area contributed by atoms with E-state index in [1.165, 1.54) is 0 Å². The number of hydrogen-bond acceptors (Lipinski definition) is 3. The fourth-order valence-corrected chi connectivity index (χ4v) is 2.53. The Morgan fingerprint density at radius 3 is 2.67 bits per heavy atom. The van der Waals surface area contributed by atoms with Crippen molar-refractivity contribution in [2.75, 3.05) is 6.61 Å². The highest BCUT2D eigenvalue weighted by Crippen LogP contribution is 2.32. The summed E-state index contributed by atoms with van der Waals surface area (Å²) >= 11 is 0. The van der Waals surface area contributed by atoms with Gasteiger partial charge in [-0.25, -0.2) is 0 Å². The van der Waals surface area contributed by atoms with Crippen molar-refractivity contribution in [3.05, 3.63) is 29.8 Å². The number of rotatable bonds is 5. The highest BCUT2D eigenvalue weighted by Gasteiger charge is 2.32. The number of aliphatic hydroxyl groups is 1. The zero-order valence-electron chi connectivity index (χ0n) is 11.1. The molecule has 1 aliphatic carbocycles.